The van der Waals surface area contributed by atoms with Gasteiger partial charge in [-0.3, -0.25) is 9.78 Å². The number of pyridine rings is 1. The van der Waals surface area contributed by atoms with Crippen molar-refractivity contribution in [1.82, 2.24) is 10.3 Å². The number of carbonyl (C=O) groups excluding carboxylic acids is 1. The normalized spacial score (nSPS) is 11.7. The number of rotatable bonds is 9. The summed E-state index contributed by atoms with van der Waals surface area (Å²) >= 11 is 0. The molecule has 0 unspecified atom stereocenters. The molecule has 1 N–H and O–H groups in total. The van der Waals surface area contributed by atoms with Crippen molar-refractivity contribution in [3.63, 3.8) is 0 Å². The highest BCUT2D eigenvalue weighted by molar-refractivity contribution is 5.95. The third-order valence-electron chi connectivity index (χ3n) is 5.75. The van der Waals surface area contributed by atoms with Crippen LogP contribution in [-0.4, -0.2) is 16.9 Å². The molecule has 0 spiro atoms. The van der Waals surface area contributed by atoms with Crippen molar-refractivity contribution < 1.29 is 4.79 Å². The van der Waals surface area contributed by atoms with Gasteiger partial charge in [-0.2, -0.15) is 0 Å². The molecule has 3 rings (SSSR count). The van der Waals surface area contributed by atoms with Crippen molar-refractivity contribution in [3.8, 4) is 11.1 Å². The van der Waals surface area contributed by atoms with E-state index in [9.17, 15) is 4.79 Å². The van der Waals surface area contributed by atoms with Crippen LogP contribution < -0.4 is 5.32 Å². The number of allylic oxidation sites excluding steroid dienone is 1. The summed E-state index contributed by atoms with van der Waals surface area (Å²) in [5.74, 6) is -0.0224. The predicted molar refractivity (Wildman–Crippen MR) is 129 cm³/mol. The number of hydrogen-bond acceptors (Lipinski definition) is 2. The van der Waals surface area contributed by atoms with E-state index in [0.717, 1.165) is 36.8 Å². The Morgan fingerprint density at radius 3 is 2.68 bits per heavy atom. The summed E-state index contributed by atoms with van der Waals surface area (Å²) in [4.78, 5) is 17.0. The zero-order valence-electron chi connectivity index (χ0n) is 18.8. The number of aryl methyl sites for hydroxylation is 3. The zero-order chi connectivity index (χ0) is 22.2. The Balaban J connectivity index is 1.67. The summed E-state index contributed by atoms with van der Waals surface area (Å²) in [6, 6.07) is 16.7. The van der Waals surface area contributed by atoms with Gasteiger partial charge in [-0.15, -0.1) is 6.58 Å². The van der Waals surface area contributed by atoms with E-state index in [1.165, 1.54) is 22.3 Å². The Kier molecular flexibility index (Phi) is 7.77. The largest absolute Gasteiger partial charge is 0.350 e. The number of nitrogens with one attached hydrogen (secondary N) is 1. The topological polar surface area (TPSA) is 42.0 Å². The second kappa shape index (κ2) is 10.7. The van der Waals surface area contributed by atoms with Gasteiger partial charge in [0.25, 0.3) is 5.91 Å². The lowest BCUT2D eigenvalue weighted by Gasteiger charge is -2.16. The number of aromatic nitrogens is 1. The predicted octanol–water partition coefficient (Wildman–Crippen LogP) is 6.24. The van der Waals surface area contributed by atoms with Crippen LogP contribution in [0.5, 0.6) is 0 Å². The molecule has 0 bridgehead atoms. The molecule has 0 saturated heterocycles. The van der Waals surface area contributed by atoms with E-state index in [4.69, 9.17) is 0 Å². The Hall–Kier alpha value is -3.20. The summed E-state index contributed by atoms with van der Waals surface area (Å²) in [5, 5.41) is 3.15. The smallest absolute Gasteiger partial charge is 0.251 e. The molecule has 160 valence electrons. The molecule has 1 heterocycles. The Labute approximate surface area is 186 Å². The molecular formula is C28H32N2O. The summed E-state index contributed by atoms with van der Waals surface area (Å²) in [6.07, 6.45) is 9.23. The van der Waals surface area contributed by atoms with E-state index in [1.807, 2.05) is 30.5 Å². The van der Waals surface area contributed by atoms with E-state index in [2.05, 4.69) is 68.0 Å². The van der Waals surface area contributed by atoms with Crippen LogP contribution in [0.1, 0.15) is 52.4 Å². The highest BCUT2D eigenvalue weighted by atomic mass is 16.1. The lowest BCUT2D eigenvalue weighted by atomic mass is 9.93. The molecule has 1 aromatic heterocycles. The maximum atomic E-state index is 12.8. The highest BCUT2D eigenvalue weighted by Gasteiger charge is 2.13. The summed E-state index contributed by atoms with van der Waals surface area (Å²) < 4.78 is 0. The van der Waals surface area contributed by atoms with E-state index in [0.29, 0.717) is 5.56 Å². The first-order valence-corrected chi connectivity index (χ1v) is 11.0. The average Bonchev–Trinajstić information content (AvgIpc) is 2.76. The number of carbonyl (C=O) groups is 1. The second-order valence-corrected chi connectivity index (χ2v) is 8.29. The summed E-state index contributed by atoms with van der Waals surface area (Å²) in [6.45, 7) is 10.2. The fourth-order valence-electron chi connectivity index (χ4n) is 3.79. The van der Waals surface area contributed by atoms with Crippen LogP contribution in [0, 0.1) is 13.8 Å². The third-order valence-corrected chi connectivity index (χ3v) is 5.75. The van der Waals surface area contributed by atoms with Crippen LogP contribution in [0.2, 0.25) is 0 Å². The first-order valence-electron chi connectivity index (χ1n) is 11.0. The fourth-order valence-corrected chi connectivity index (χ4v) is 3.79. The van der Waals surface area contributed by atoms with Gasteiger partial charge >= 0.3 is 0 Å². The standard InChI is InChI=1S/C28H32N2O/c1-5-8-24-18-26(14-15-27(24)25-13-12-20(2)21(3)17-25)28(31)30-22(4)9-6-10-23-11-7-16-29-19-23/h5,7,11-19,22H,1,6,8-10H2,2-4H3,(H,30,31)/t22-/m1/s1. The number of benzene rings is 2. The van der Waals surface area contributed by atoms with Gasteiger partial charge in [0.05, 0.1) is 0 Å². The van der Waals surface area contributed by atoms with E-state index in [-0.39, 0.29) is 11.9 Å². The quantitative estimate of drug-likeness (QED) is 0.423. The third kappa shape index (κ3) is 6.14. The molecule has 1 atom stereocenters. The number of amides is 1. The van der Waals surface area contributed by atoms with Crippen LogP contribution in [0.15, 0.2) is 73.6 Å². The van der Waals surface area contributed by atoms with E-state index >= 15 is 0 Å². The van der Waals surface area contributed by atoms with Gasteiger partial charge < -0.3 is 5.32 Å². The molecule has 3 nitrogen and oxygen atoms in total. The van der Waals surface area contributed by atoms with Crippen molar-refractivity contribution in [2.75, 3.05) is 0 Å². The lowest BCUT2D eigenvalue weighted by molar-refractivity contribution is 0.0938. The van der Waals surface area contributed by atoms with Gasteiger partial charge in [-0.05, 0) is 98.0 Å². The number of nitrogens with zero attached hydrogens (tertiary/aromatic N) is 1. The monoisotopic (exact) mass is 412 g/mol. The molecular weight excluding hydrogens is 380 g/mol. The molecule has 0 aliphatic carbocycles. The van der Waals surface area contributed by atoms with Gasteiger partial charge in [0.2, 0.25) is 0 Å². The van der Waals surface area contributed by atoms with Crippen LogP contribution in [0.25, 0.3) is 11.1 Å². The van der Waals surface area contributed by atoms with Gasteiger partial charge in [0, 0.05) is 24.0 Å². The fraction of sp³-hybridized carbons (Fsp3) is 0.286. The molecule has 3 heteroatoms. The average molecular weight is 413 g/mol. The molecule has 0 fully saturated rings. The van der Waals surface area contributed by atoms with Crippen molar-refractivity contribution >= 4 is 5.91 Å². The van der Waals surface area contributed by atoms with Crippen LogP contribution in [-0.2, 0) is 12.8 Å². The SMILES string of the molecule is C=CCc1cc(C(=O)N[C@H](C)CCCc2cccnc2)ccc1-c1ccc(C)c(C)c1. The maximum Gasteiger partial charge on any atom is 0.251 e. The first-order chi connectivity index (χ1) is 15.0. The number of hydrogen-bond donors (Lipinski definition) is 1. The van der Waals surface area contributed by atoms with Crippen molar-refractivity contribution in [1.29, 1.82) is 0 Å². The van der Waals surface area contributed by atoms with Crippen molar-refractivity contribution in [2.45, 2.75) is 52.5 Å². The second-order valence-electron chi connectivity index (χ2n) is 8.29. The van der Waals surface area contributed by atoms with Crippen molar-refractivity contribution in [2.24, 2.45) is 0 Å². The van der Waals surface area contributed by atoms with E-state index in [1.54, 1.807) is 6.20 Å². The maximum absolute atomic E-state index is 12.8. The lowest BCUT2D eigenvalue weighted by Crippen LogP contribution is -2.32. The van der Waals surface area contributed by atoms with Gasteiger partial charge in [0.15, 0.2) is 0 Å². The Morgan fingerprint density at radius 2 is 1.97 bits per heavy atom. The van der Waals surface area contributed by atoms with Gasteiger partial charge in [0.1, 0.15) is 0 Å². The molecule has 31 heavy (non-hydrogen) atoms. The highest BCUT2D eigenvalue weighted by Crippen LogP contribution is 2.27. The van der Waals surface area contributed by atoms with Gasteiger partial charge in [-0.25, -0.2) is 0 Å². The molecule has 1 amide bonds. The zero-order valence-corrected chi connectivity index (χ0v) is 18.8. The van der Waals surface area contributed by atoms with Gasteiger partial charge in [-0.1, -0.05) is 36.4 Å². The molecule has 0 saturated carbocycles. The summed E-state index contributed by atoms with van der Waals surface area (Å²) in [7, 11) is 0. The first kappa shape index (κ1) is 22.5. The van der Waals surface area contributed by atoms with Crippen LogP contribution in [0.4, 0.5) is 0 Å². The molecule has 0 radical (unpaired) electrons. The van der Waals surface area contributed by atoms with Crippen LogP contribution in [0.3, 0.4) is 0 Å². The Bertz CT molecular complexity index is 1040. The molecule has 3 aromatic rings. The molecule has 0 aliphatic heterocycles. The molecule has 0 aliphatic rings. The summed E-state index contributed by atoms with van der Waals surface area (Å²) in [5.41, 5.74) is 7.93. The molecule has 2 aromatic carbocycles. The van der Waals surface area contributed by atoms with Crippen molar-refractivity contribution in [3.05, 3.63) is 101 Å². The van der Waals surface area contributed by atoms with E-state index < -0.39 is 0 Å². The van der Waals surface area contributed by atoms with Crippen LogP contribution >= 0.6 is 0 Å². The Morgan fingerprint density at radius 1 is 1.13 bits per heavy atom. The minimum atomic E-state index is -0.0224. The minimum absolute atomic E-state index is 0.0224. The minimum Gasteiger partial charge on any atom is -0.350 e.